The smallest absolute Gasteiger partial charge is 0.270 e. The van der Waals surface area contributed by atoms with Crippen LogP contribution in [-0.4, -0.2) is 80.4 Å². The summed E-state index contributed by atoms with van der Waals surface area (Å²) in [5.74, 6) is 0.368. The minimum atomic E-state index is -0.206. The molecule has 0 unspecified atom stereocenters. The Bertz CT molecular complexity index is 1050. The number of H-pyrrole nitrogens is 1. The molecule has 5 rings (SSSR count). The predicted molar refractivity (Wildman–Crippen MR) is 111 cm³/mol. The van der Waals surface area contributed by atoms with Gasteiger partial charge in [0, 0.05) is 62.1 Å². The quantitative estimate of drug-likeness (QED) is 0.691. The molecule has 0 aromatic carbocycles. The molecule has 3 aromatic heterocycles. The van der Waals surface area contributed by atoms with E-state index in [4.69, 9.17) is 4.74 Å². The van der Waals surface area contributed by atoms with E-state index in [9.17, 15) is 9.59 Å². The Morgan fingerprint density at radius 2 is 1.87 bits per heavy atom. The minimum absolute atomic E-state index is 0.0472. The van der Waals surface area contributed by atoms with Crippen molar-refractivity contribution >= 4 is 11.8 Å². The number of aromatic amines is 1. The molecule has 2 saturated heterocycles. The van der Waals surface area contributed by atoms with E-state index < -0.39 is 0 Å². The van der Waals surface area contributed by atoms with Crippen molar-refractivity contribution in [1.29, 1.82) is 0 Å². The lowest BCUT2D eigenvalue weighted by Gasteiger charge is -2.31. The summed E-state index contributed by atoms with van der Waals surface area (Å²) in [5.41, 5.74) is 1.77. The monoisotopic (exact) mass is 418 g/mol. The van der Waals surface area contributed by atoms with E-state index in [0.717, 1.165) is 5.56 Å². The topological polar surface area (TPSA) is 104 Å². The van der Waals surface area contributed by atoms with E-state index in [1.54, 1.807) is 48.0 Å². The summed E-state index contributed by atoms with van der Waals surface area (Å²) in [5, 5.41) is 0. The van der Waals surface area contributed by atoms with Crippen LogP contribution < -0.4 is 0 Å². The number of hydrogen-bond acceptors (Lipinski definition) is 6. The van der Waals surface area contributed by atoms with Crippen LogP contribution in [0.3, 0.4) is 0 Å². The largest absolute Gasteiger partial charge is 0.379 e. The van der Waals surface area contributed by atoms with E-state index in [2.05, 4.69) is 19.9 Å². The molecular formula is C22H22N6O3. The second kappa shape index (κ2) is 8.27. The van der Waals surface area contributed by atoms with Crippen molar-refractivity contribution < 1.29 is 14.3 Å². The molecule has 31 heavy (non-hydrogen) atoms. The predicted octanol–water partition coefficient (Wildman–Crippen LogP) is 1.48. The molecule has 158 valence electrons. The molecule has 1 N–H and O–H groups in total. The van der Waals surface area contributed by atoms with E-state index in [0.29, 0.717) is 49.9 Å². The average Bonchev–Trinajstić information content (AvgIpc) is 3.19. The molecule has 3 aromatic rings. The van der Waals surface area contributed by atoms with E-state index in [1.807, 2.05) is 17.0 Å². The fourth-order valence-corrected chi connectivity index (χ4v) is 4.14. The molecule has 9 heteroatoms. The zero-order valence-electron chi connectivity index (χ0n) is 16.8. The van der Waals surface area contributed by atoms with Crippen LogP contribution in [0.2, 0.25) is 0 Å². The second-order valence-electron chi connectivity index (χ2n) is 7.85. The highest BCUT2D eigenvalue weighted by atomic mass is 16.5. The van der Waals surface area contributed by atoms with Crippen molar-refractivity contribution in [3.8, 4) is 11.4 Å². The summed E-state index contributed by atoms with van der Waals surface area (Å²) in [7, 11) is 0. The van der Waals surface area contributed by atoms with Gasteiger partial charge in [0.15, 0.2) is 5.82 Å². The average molecular weight is 418 g/mol. The van der Waals surface area contributed by atoms with Gasteiger partial charge in [-0.05, 0) is 24.3 Å². The first-order valence-electron chi connectivity index (χ1n) is 10.2. The van der Waals surface area contributed by atoms with Crippen LogP contribution in [-0.2, 0) is 4.74 Å². The highest BCUT2D eigenvalue weighted by Crippen LogP contribution is 2.23. The number of nitrogens with zero attached hydrogens (tertiary/aromatic N) is 5. The summed E-state index contributed by atoms with van der Waals surface area (Å²) in [4.78, 5) is 45.6. The molecule has 2 amide bonds. The Hall–Kier alpha value is -3.59. The van der Waals surface area contributed by atoms with Crippen molar-refractivity contribution in [2.75, 3.05) is 32.8 Å². The first-order valence-corrected chi connectivity index (χ1v) is 10.2. The Morgan fingerprint density at radius 3 is 2.61 bits per heavy atom. The third-order valence-corrected chi connectivity index (χ3v) is 5.66. The summed E-state index contributed by atoms with van der Waals surface area (Å²) in [6, 6.07) is 7.05. The van der Waals surface area contributed by atoms with Crippen molar-refractivity contribution in [2.24, 2.45) is 5.92 Å². The standard InChI is InChI=1S/C22H22N6O3/c29-21(17-8-25-20(26-9-17)16-3-1-5-23-7-16)27-10-15-11-28(18(12-27)14-31-13-15)22(30)19-4-2-6-24-19/h1-9,15,18,24H,10-14H2/t15-,18-/m0/s1. The van der Waals surface area contributed by atoms with Gasteiger partial charge in [0.25, 0.3) is 11.8 Å². The highest BCUT2D eigenvalue weighted by Gasteiger charge is 2.38. The number of ether oxygens (including phenoxy) is 1. The van der Waals surface area contributed by atoms with Gasteiger partial charge in [-0.2, -0.15) is 0 Å². The number of hydrogen-bond donors (Lipinski definition) is 1. The van der Waals surface area contributed by atoms with Gasteiger partial charge in [0.1, 0.15) is 5.69 Å². The highest BCUT2D eigenvalue weighted by molar-refractivity contribution is 5.94. The third-order valence-electron chi connectivity index (χ3n) is 5.66. The Labute approximate surface area is 179 Å². The number of carbonyl (C=O) groups is 2. The van der Waals surface area contributed by atoms with Gasteiger partial charge in [-0.15, -0.1) is 0 Å². The number of aromatic nitrogens is 4. The molecule has 2 aliphatic rings. The minimum Gasteiger partial charge on any atom is -0.379 e. The molecule has 0 radical (unpaired) electrons. The Balaban J connectivity index is 1.35. The molecule has 2 aliphatic heterocycles. The summed E-state index contributed by atoms with van der Waals surface area (Å²) < 4.78 is 5.79. The molecule has 2 atom stereocenters. The Morgan fingerprint density at radius 1 is 1.00 bits per heavy atom. The van der Waals surface area contributed by atoms with E-state index >= 15 is 0 Å². The number of pyridine rings is 1. The molecule has 0 aliphatic carbocycles. The van der Waals surface area contributed by atoms with Gasteiger partial charge in [-0.1, -0.05) is 0 Å². The van der Waals surface area contributed by atoms with Crippen LogP contribution in [0.1, 0.15) is 20.8 Å². The van der Waals surface area contributed by atoms with Crippen LogP contribution in [0.25, 0.3) is 11.4 Å². The maximum absolute atomic E-state index is 13.2. The normalized spacial score (nSPS) is 20.9. The van der Waals surface area contributed by atoms with Crippen molar-refractivity contribution in [3.05, 3.63) is 66.5 Å². The van der Waals surface area contributed by atoms with E-state index in [-0.39, 0.29) is 23.8 Å². The van der Waals surface area contributed by atoms with Crippen LogP contribution >= 0.6 is 0 Å². The van der Waals surface area contributed by atoms with Gasteiger partial charge in [0.2, 0.25) is 0 Å². The second-order valence-corrected chi connectivity index (χ2v) is 7.85. The molecule has 0 spiro atoms. The fraction of sp³-hybridized carbons (Fsp3) is 0.318. The molecule has 2 bridgehead atoms. The van der Waals surface area contributed by atoms with Crippen molar-refractivity contribution in [2.45, 2.75) is 6.04 Å². The lowest BCUT2D eigenvalue weighted by molar-refractivity contribution is 0.0379. The van der Waals surface area contributed by atoms with Gasteiger partial charge in [0.05, 0.1) is 24.8 Å². The Kier molecular flexibility index (Phi) is 5.17. The van der Waals surface area contributed by atoms with E-state index in [1.165, 1.54) is 0 Å². The third kappa shape index (κ3) is 3.91. The molecule has 2 fully saturated rings. The molecule has 0 saturated carbocycles. The van der Waals surface area contributed by atoms with Gasteiger partial charge >= 0.3 is 0 Å². The lowest BCUT2D eigenvalue weighted by Crippen LogP contribution is -2.48. The van der Waals surface area contributed by atoms with Crippen LogP contribution in [0.15, 0.2) is 55.2 Å². The maximum atomic E-state index is 13.2. The lowest BCUT2D eigenvalue weighted by atomic mass is 10.1. The number of fused-ring (bicyclic) bond motifs is 3. The first-order chi connectivity index (χ1) is 15.2. The first kappa shape index (κ1) is 19.4. The molecular weight excluding hydrogens is 396 g/mol. The maximum Gasteiger partial charge on any atom is 0.270 e. The SMILES string of the molecule is O=C(c1cnc(-c2cccnc2)nc1)N1C[C@@H]2COC[C@H](C1)N(C(=O)c1ccc[nH]1)C2. The molecule has 5 heterocycles. The van der Waals surface area contributed by atoms with Crippen molar-refractivity contribution in [1.82, 2.24) is 29.7 Å². The van der Waals surface area contributed by atoms with Crippen molar-refractivity contribution in [3.63, 3.8) is 0 Å². The number of carbonyl (C=O) groups excluding carboxylic acids is 2. The zero-order chi connectivity index (χ0) is 21.2. The number of nitrogens with one attached hydrogen (secondary N) is 1. The number of amides is 2. The van der Waals surface area contributed by atoms with Crippen LogP contribution in [0.5, 0.6) is 0 Å². The summed E-state index contributed by atoms with van der Waals surface area (Å²) in [6.07, 6.45) is 8.21. The zero-order valence-corrected chi connectivity index (χ0v) is 16.8. The van der Waals surface area contributed by atoms with Gasteiger partial charge in [-0.3, -0.25) is 14.6 Å². The van der Waals surface area contributed by atoms with Crippen LogP contribution in [0.4, 0.5) is 0 Å². The van der Waals surface area contributed by atoms with Crippen LogP contribution in [0, 0.1) is 5.92 Å². The summed E-state index contributed by atoms with van der Waals surface area (Å²) in [6.45, 7) is 2.41. The fourth-order valence-electron chi connectivity index (χ4n) is 4.14. The number of rotatable bonds is 3. The van der Waals surface area contributed by atoms with Gasteiger partial charge < -0.3 is 19.5 Å². The van der Waals surface area contributed by atoms with Gasteiger partial charge in [-0.25, -0.2) is 9.97 Å². The summed E-state index contributed by atoms with van der Waals surface area (Å²) >= 11 is 0. The molecule has 9 nitrogen and oxygen atoms in total.